The third kappa shape index (κ3) is 5.24. The van der Waals surface area contributed by atoms with Crippen molar-refractivity contribution in [3.8, 4) is 11.5 Å². The molecule has 11 heteroatoms. The van der Waals surface area contributed by atoms with Gasteiger partial charge in [-0.15, -0.1) is 0 Å². The fourth-order valence-corrected chi connectivity index (χ4v) is 5.51. The number of sulfonamides is 1. The van der Waals surface area contributed by atoms with Gasteiger partial charge in [-0.2, -0.15) is 4.31 Å². The number of benzene rings is 2. The van der Waals surface area contributed by atoms with Crippen LogP contribution in [0.4, 0.5) is 4.39 Å². The van der Waals surface area contributed by atoms with Gasteiger partial charge in [0.15, 0.2) is 11.5 Å². The molecule has 2 aliphatic heterocycles. The van der Waals surface area contributed by atoms with E-state index in [1.54, 1.807) is 29.0 Å². The number of nitrogens with zero attached hydrogens (tertiary/aromatic N) is 3. The molecular formula is C22H25ClFN3O5S. The number of carbonyl (C=O) groups is 1. The Bertz CT molecular complexity index is 1120. The van der Waals surface area contributed by atoms with Gasteiger partial charge in [0.05, 0.1) is 11.4 Å². The number of hydrogen-bond acceptors (Lipinski definition) is 6. The maximum Gasteiger partial charge on any atom is 0.243 e. The fraction of sp³-hybridized carbons (Fsp3) is 0.409. The molecular weight excluding hydrogens is 473 g/mol. The summed E-state index contributed by atoms with van der Waals surface area (Å²) in [5.41, 5.74) is 0.338. The van der Waals surface area contributed by atoms with Gasteiger partial charge in [-0.25, -0.2) is 12.8 Å². The zero-order chi connectivity index (χ0) is 23.6. The number of fused-ring (bicyclic) bond motifs is 1. The van der Waals surface area contributed by atoms with Gasteiger partial charge in [-0.1, -0.05) is 17.7 Å². The van der Waals surface area contributed by atoms with Crippen LogP contribution in [0.1, 0.15) is 5.56 Å². The van der Waals surface area contributed by atoms with Gasteiger partial charge >= 0.3 is 0 Å². The Hall–Kier alpha value is -2.40. The predicted molar refractivity (Wildman–Crippen MR) is 121 cm³/mol. The van der Waals surface area contributed by atoms with Gasteiger partial charge in [0, 0.05) is 49.4 Å². The standard InChI is InChI=1S/C22H25ClFN3O5S/c1-25(14-17-18(23)3-2-4-19(17)24)15-22(28)26-7-9-27(10-8-26)33(29,30)16-5-6-20-21(13-16)32-12-11-31-20/h2-6,13H,7-12,14-15H2,1H3. The molecule has 0 radical (unpaired) electrons. The summed E-state index contributed by atoms with van der Waals surface area (Å²) >= 11 is 6.07. The first-order chi connectivity index (χ1) is 15.8. The van der Waals surface area contributed by atoms with Crippen LogP contribution in [0.15, 0.2) is 41.3 Å². The number of hydrogen-bond donors (Lipinski definition) is 0. The van der Waals surface area contributed by atoms with Crippen LogP contribution in [0.25, 0.3) is 0 Å². The average Bonchev–Trinajstić information content (AvgIpc) is 2.81. The van der Waals surface area contributed by atoms with Crippen molar-refractivity contribution in [1.82, 2.24) is 14.1 Å². The number of ether oxygens (including phenoxy) is 2. The van der Waals surface area contributed by atoms with Gasteiger partial charge in [0.25, 0.3) is 0 Å². The molecule has 2 aromatic carbocycles. The highest BCUT2D eigenvalue weighted by atomic mass is 35.5. The van der Waals surface area contributed by atoms with Crippen molar-refractivity contribution in [1.29, 1.82) is 0 Å². The molecule has 33 heavy (non-hydrogen) atoms. The molecule has 1 fully saturated rings. The summed E-state index contributed by atoms with van der Waals surface area (Å²) in [5, 5.41) is 0.312. The molecule has 178 valence electrons. The minimum absolute atomic E-state index is 0.0690. The van der Waals surface area contributed by atoms with E-state index in [0.29, 0.717) is 35.3 Å². The highest BCUT2D eigenvalue weighted by Crippen LogP contribution is 2.33. The lowest BCUT2D eigenvalue weighted by Gasteiger charge is -2.35. The van der Waals surface area contributed by atoms with E-state index in [4.69, 9.17) is 21.1 Å². The number of rotatable bonds is 6. The second-order valence-corrected chi connectivity index (χ2v) is 10.3. The highest BCUT2D eigenvalue weighted by Gasteiger charge is 2.31. The number of halogens is 2. The zero-order valence-electron chi connectivity index (χ0n) is 18.2. The predicted octanol–water partition coefficient (Wildman–Crippen LogP) is 2.22. The van der Waals surface area contributed by atoms with Crippen molar-refractivity contribution in [3.63, 3.8) is 0 Å². The van der Waals surface area contributed by atoms with E-state index >= 15 is 0 Å². The molecule has 0 bridgehead atoms. The molecule has 1 saturated heterocycles. The minimum atomic E-state index is -3.72. The summed E-state index contributed by atoms with van der Waals surface area (Å²) in [6, 6.07) is 9.05. The van der Waals surface area contributed by atoms with Crippen LogP contribution in [0, 0.1) is 5.82 Å². The fourth-order valence-electron chi connectivity index (χ4n) is 3.85. The lowest BCUT2D eigenvalue weighted by Crippen LogP contribution is -2.52. The summed E-state index contributed by atoms with van der Waals surface area (Å²) in [6.07, 6.45) is 0. The van der Waals surface area contributed by atoms with E-state index in [2.05, 4.69) is 0 Å². The molecule has 2 heterocycles. The number of piperazine rings is 1. The molecule has 0 aromatic heterocycles. The van der Waals surface area contributed by atoms with Crippen LogP contribution in [-0.4, -0.2) is 81.4 Å². The third-order valence-corrected chi connectivity index (χ3v) is 7.89. The molecule has 0 atom stereocenters. The molecule has 0 spiro atoms. The molecule has 1 amide bonds. The van der Waals surface area contributed by atoms with E-state index in [0.717, 1.165) is 0 Å². The molecule has 0 saturated carbocycles. The van der Waals surface area contributed by atoms with Crippen LogP contribution in [0.3, 0.4) is 0 Å². The van der Waals surface area contributed by atoms with Crippen molar-refractivity contribution >= 4 is 27.5 Å². The smallest absolute Gasteiger partial charge is 0.243 e. The lowest BCUT2D eigenvalue weighted by molar-refractivity contribution is -0.133. The van der Waals surface area contributed by atoms with Crippen molar-refractivity contribution in [3.05, 3.63) is 52.8 Å². The third-order valence-electron chi connectivity index (χ3n) is 5.64. The van der Waals surface area contributed by atoms with E-state index in [1.807, 2.05) is 0 Å². The largest absolute Gasteiger partial charge is 0.486 e. The van der Waals surface area contributed by atoms with Crippen LogP contribution in [0.5, 0.6) is 11.5 Å². The van der Waals surface area contributed by atoms with E-state index in [9.17, 15) is 17.6 Å². The monoisotopic (exact) mass is 497 g/mol. The molecule has 0 unspecified atom stereocenters. The maximum atomic E-state index is 14.0. The Balaban J connectivity index is 1.34. The topological polar surface area (TPSA) is 79.4 Å². The summed E-state index contributed by atoms with van der Waals surface area (Å²) in [7, 11) is -2.01. The zero-order valence-corrected chi connectivity index (χ0v) is 19.7. The summed E-state index contributed by atoms with van der Waals surface area (Å²) < 4.78 is 52.4. The number of amides is 1. The SMILES string of the molecule is CN(CC(=O)N1CCN(S(=O)(=O)c2ccc3c(c2)OCCO3)CC1)Cc1c(F)cccc1Cl. The first-order valence-electron chi connectivity index (χ1n) is 10.5. The highest BCUT2D eigenvalue weighted by molar-refractivity contribution is 7.89. The Morgan fingerprint density at radius 3 is 2.48 bits per heavy atom. The summed E-state index contributed by atoms with van der Waals surface area (Å²) in [5.74, 6) is 0.367. The molecule has 2 aromatic rings. The lowest BCUT2D eigenvalue weighted by atomic mass is 10.2. The van der Waals surface area contributed by atoms with Crippen molar-refractivity contribution in [2.24, 2.45) is 0 Å². The molecule has 2 aliphatic rings. The second-order valence-electron chi connectivity index (χ2n) is 7.96. The van der Waals surface area contributed by atoms with E-state index in [-0.39, 0.29) is 50.1 Å². The summed E-state index contributed by atoms with van der Waals surface area (Å²) in [4.78, 5) is 16.2. The number of carbonyl (C=O) groups excluding carboxylic acids is 1. The van der Waals surface area contributed by atoms with Crippen molar-refractivity contribution in [2.45, 2.75) is 11.4 Å². The Kier molecular flexibility index (Phi) is 7.08. The van der Waals surface area contributed by atoms with Crippen LogP contribution < -0.4 is 9.47 Å². The molecule has 4 rings (SSSR count). The Morgan fingerprint density at radius 1 is 1.09 bits per heavy atom. The van der Waals surface area contributed by atoms with Gasteiger partial charge in [0.1, 0.15) is 19.0 Å². The van der Waals surface area contributed by atoms with Gasteiger partial charge in [0.2, 0.25) is 15.9 Å². The first kappa shape index (κ1) is 23.7. The molecule has 0 aliphatic carbocycles. The summed E-state index contributed by atoms with van der Waals surface area (Å²) in [6.45, 7) is 1.98. The first-order valence-corrected chi connectivity index (χ1v) is 12.4. The quantitative estimate of drug-likeness (QED) is 0.609. The van der Waals surface area contributed by atoms with Crippen LogP contribution >= 0.6 is 11.6 Å². The Labute approximate surface area is 197 Å². The van der Waals surface area contributed by atoms with Crippen LogP contribution in [-0.2, 0) is 21.4 Å². The van der Waals surface area contributed by atoms with Crippen LogP contribution in [0.2, 0.25) is 5.02 Å². The molecule has 8 nitrogen and oxygen atoms in total. The second kappa shape index (κ2) is 9.84. The van der Waals surface area contributed by atoms with Gasteiger partial charge in [-0.05, 0) is 31.3 Å². The van der Waals surface area contributed by atoms with E-state index < -0.39 is 15.8 Å². The normalized spacial score (nSPS) is 16.8. The minimum Gasteiger partial charge on any atom is -0.486 e. The number of likely N-dealkylation sites (N-methyl/N-ethyl adjacent to an activating group) is 1. The van der Waals surface area contributed by atoms with Crippen molar-refractivity contribution in [2.75, 3.05) is 53.0 Å². The van der Waals surface area contributed by atoms with Gasteiger partial charge in [-0.3, -0.25) is 9.69 Å². The Morgan fingerprint density at radius 2 is 1.79 bits per heavy atom. The van der Waals surface area contributed by atoms with Crippen molar-refractivity contribution < 1.29 is 27.1 Å². The van der Waals surface area contributed by atoms with Gasteiger partial charge < -0.3 is 14.4 Å². The van der Waals surface area contributed by atoms with E-state index in [1.165, 1.54) is 28.6 Å². The maximum absolute atomic E-state index is 14.0. The molecule has 0 N–H and O–H groups in total. The average molecular weight is 498 g/mol.